The number of rotatable bonds is 2. The van der Waals surface area contributed by atoms with Gasteiger partial charge in [0.1, 0.15) is 5.15 Å². The van der Waals surface area contributed by atoms with E-state index in [0.717, 1.165) is 30.4 Å². The highest BCUT2D eigenvalue weighted by Gasteiger charge is 2.29. The molecule has 0 aromatic carbocycles. The van der Waals surface area contributed by atoms with Gasteiger partial charge >= 0.3 is 5.69 Å². The van der Waals surface area contributed by atoms with Crippen molar-refractivity contribution in [2.75, 3.05) is 0 Å². The molecule has 0 spiro atoms. The molecule has 126 valence electrons. The summed E-state index contributed by atoms with van der Waals surface area (Å²) < 4.78 is 0. The fourth-order valence-electron chi connectivity index (χ4n) is 3.36. The van der Waals surface area contributed by atoms with E-state index in [0.29, 0.717) is 28.4 Å². The molecule has 1 fully saturated rings. The second-order valence-corrected chi connectivity index (χ2v) is 6.35. The van der Waals surface area contributed by atoms with Crippen molar-refractivity contribution in [2.45, 2.75) is 31.3 Å². The lowest BCUT2D eigenvalue weighted by molar-refractivity contribution is 0.575. The number of nitrogens with zero attached hydrogens (tertiary/aromatic N) is 1. The largest absolute Gasteiger partial charge is 0.325 e. The molecular formula is C16H16Cl2N4O2. The van der Waals surface area contributed by atoms with Crippen molar-refractivity contribution in [2.24, 2.45) is 0 Å². The third-order valence-electron chi connectivity index (χ3n) is 4.46. The van der Waals surface area contributed by atoms with Gasteiger partial charge in [0, 0.05) is 35.6 Å². The predicted molar refractivity (Wildman–Crippen MR) is 95.7 cm³/mol. The van der Waals surface area contributed by atoms with Gasteiger partial charge in [-0.3, -0.25) is 9.78 Å². The average molecular weight is 367 g/mol. The van der Waals surface area contributed by atoms with Crippen LogP contribution >= 0.6 is 24.0 Å². The first-order chi connectivity index (χ1) is 11.1. The van der Waals surface area contributed by atoms with Crippen LogP contribution in [-0.4, -0.2) is 27.0 Å². The summed E-state index contributed by atoms with van der Waals surface area (Å²) in [5.41, 5.74) is 2.05. The molecule has 2 aromatic rings. The van der Waals surface area contributed by atoms with Gasteiger partial charge in [0.15, 0.2) is 0 Å². The van der Waals surface area contributed by atoms with Gasteiger partial charge in [-0.15, -0.1) is 12.4 Å². The molecule has 2 aromatic heterocycles. The van der Waals surface area contributed by atoms with Crippen LogP contribution in [0.4, 0.5) is 0 Å². The van der Waals surface area contributed by atoms with Gasteiger partial charge in [-0.25, -0.2) is 9.78 Å². The molecule has 4 heterocycles. The Kier molecular flexibility index (Phi) is 4.62. The van der Waals surface area contributed by atoms with E-state index in [2.05, 4.69) is 26.3 Å². The maximum absolute atomic E-state index is 12.0. The van der Waals surface area contributed by atoms with Crippen LogP contribution in [0, 0.1) is 0 Å². The highest BCUT2D eigenvalue weighted by molar-refractivity contribution is 6.31. The number of H-pyrrole nitrogens is 2. The quantitative estimate of drug-likeness (QED) is 0.709. The van der Waals surface area contributed by atoms with Crippen molar-refractivity contribution in [3.8, 4) is 11.1 Å². The highest BCUT2D eigenvalue weighted by atomic mass is 35.5. The Labute approximate surface area is 148 Å². The van der Waals surface area contributed by atoms with Crippen LogP contribution in [0.5, 0.6) is 0 Å². The zero-order valence-electron chi connectivity index (χ0n) is 12.6. The lowest BCUT2D eigenvalue weighted by Crippen LogP contribution is -2.32. The summed E-state index contributed by atoms with van der Waals surface area (Å²) in [6, 6.07) is 2.74. The van der Waals surface area contributed by atoms with Crippen molar-refractivity contribution in [1.82, 2.24) is 20.3 Å². The second-order valence-electron chi connectivity index (χ2n) is 5.99. The number of aromatic amines is 2. The normalized spacial score (nSPS) is 22.0. The molecule has 0 saturated carbocycles. The van der Waals surface area contributed by atoms with Gasteiger partial charge in [0.2, 0.25) is 0 Å². The van der Waals surface area contributed by atoms with Gasteiger partial charge < -0.3 is 10.3 Å². The third kappa shape index (κ3) is 3.05. The minimum Gasteiger partial charge on any atom is -0.313 e. The zero-order valence-corrected chi connectivity index (χ0v) is 14.2. The second kappa shape index (κ2) is 6.55. The maximum Gasteiger partial charge on any atom is 0.325 e. The summed E-state index contributed by atoms with van der Waals surface area (Å²) in [6.07, 6.45) is 8.35. The summed E-state index contributed by atoms with van der Waals surface area (Å²) in [5.74, 6) is 0. The molecule has 8 heteroatoms. The predicted octanol–water partition coefficient (Wildman–Crippen LogP) is 2.11. The SMILES string of the molecule is Cl.O=c1[nH]cc(-c2cnc(Cl)c(C3=CC4CCC(C3)N4)c2)c(=O)[nH]1. The Balaban J connectivity index is 0.00000169. The molecule has 0 aliphatic carbocycles. The van der Waals surface area contributed by atoms with E-state index in [1.807, 2.05) is 6.07 Å². The van der Waals surface area contributed by atoms with E-state index in [-0.39, 0.29) is 12.4 Å². The highest BCUT2D eigenvalue weighted by Crippen LogP contribution is 2.35. The number of hydrogen-bond acceptors (Lipinski definition) is 4. The number of aromatic nitrogens is 3. The van der Waals surface area contributed by atoms with Gasteiger partial charge in [-0.05, 0) is 30.9 Å². The Morgan fingerprint density at radius 3 is 2.79 bits per heavy atom. The monoisotopic (exact) mass is 366 g/mol. The Morgan fingerprint density at radius 2 is 2.04 bits per heavy atom. The molecule has 2 atom stereocenters. The van der Waals surface area contributed by atoms with E-state index in [4.69, 9.17) is 11.6 Å². The lowest BCUT2D eigenvalue weighted by atomic mass is 9.95. The maximum atomic E-state index is 12.0. The number of nitrogens with one attached hydrogen (secondary N) is 3. The fourth-order valence-corrected chi connectivity index (χ4v) is 3.59. The number of pyridine rings is 1. The standard InChI is InChI=1S/C16H15ClN4O2.ClH/c17-14-12(8-3-10-1-2-11(4-8)20-10)5-9(6-18-14)13-7-19-16(23)21-15(13)22;/h3,5-7,10-11,20H,1-2,4H2,(H2,19,21,22,23);1H. The molecule has 0 amide bonds. The van der Waals surface area contributed by atoms with E-state index in [9.17, 15) is 9.59 Å². The molecule has 2 unspecified atom stereocenters. The van der Waals surface area contributed by atoms with Crippen LogP contribution in [-0.2, 0) is 0 Å². The summed E-state index contributed by atoms with van der Waals surface area (Å²) in [6.45, 7) is 0. The van der Waals surface area contributed by atoms with Gasteiger partial charge in [0.05, 0.1) is 5.56 Å². The van der Waals surface area contributed by atoms with Gasteiger partial charge in [-0.1, -0.05) is 17.7 Å². The number of fused-ring (bicyclic) bond motifs is 2. The van der Waals surface area contributed by atoms with Crippen molar-refractivity contribution in [1.29, 1.82) is 0 Å². The van der Waals surface area contributed by atoms with E-state index < -0.39 is 11.2 Å². The summed E-state index contributed by atoms with van der Waals surface area (Å²) in [7, 11) is 0. The first-order valence-corrected chi connectivity index (χ1v) is 7.93. The van der Waals surface area contributed by atoms with Crippen LogP contribution in [0.1, 0.15) is 24.8 Å². The van der Waals surface area contributed by atoms with Gasteiger partial charge in [0.25, 0.3) is 5.56 Å². The number of hydrogen-bond donors (Lipinski definition) is 3. The Hall–Kier alpha value is -1.89. The molecule has 24 heavy (non-hydrogen) atoms. The molecule has 2 aliphatic heterocycles. The minimum absolute atomic E-state index is 0. The summed E-state index contributed by atoms with van der Waals surface area (Å²) >= 11 is 6.28. The number of halogens is 2. The Bertz CT molecular complexity index is 919. The Morgan fingerprint density at radius 1 is 1.21 bits per heavy atom. The molecule has 4 rings (SSSR count). The van der Waals surface area contributed by atoms with Crippen molar-refractivity contribution in [3.05, 3.63) is 56.1 Å². The van der Waals surface area contributed by atoms with Crippen molar-refractivity contribution >= 4 is 29.6 Å². The van der Waals surface area contributed by atoms with Crippen LogP contribution in [0.25, 0.3) is 16.7 Å². The van der Waals surface area contributed by atoms with E-state index >= 15 is 0 Å². The first kappa shape index (κ1) is 17.0. The minimum atomic E-state index is -0.529. The van der Waals surface area contributed by atoms with Crippen molar-refractivity contribution in [3.63, 3.8) is 0 Å². The van der Waals surface area contributed by atoms with E-state index in [1.54, 1.807) is 6.20 Å². The van der Waals surface area contributed by atoms with Crippen LogP contribution < -0.4 is 16.6 Å². The van der Waals surface area contributed by atoms with Crippen LogP contribution in [0.2, 0.25) is 5.15 Å². The fraction of sp³-hybridized carbons (Fsp3) is 0.312. The van der Waals surface area contributed by atoms with Crippen LogP contribution in [0.15, 0.2) is 34.1 Å². The smallest absolute Gasteiger partial charge is 0.313 e. The molecule has 6 nitrogen and oxygen atoms in total. The third-order valence-corrected chi connectivity index (χ3v) is 4.76. The molecule has 1 saturated heterocycles. The molecule has 3 N–H and O–H groups in total. The molecular weight excluding hydrogens is 351 g/mol. The molecule has 0 radical (unpaired) electrons. The topological polar surface area (TPSA) is 90.6 Å². The summed E-state index contributed by atoms with van der Waals surface area (Å²) in [4.78, 5) is 32.1. The zero-order chi connectivity index (χ0) is 16.0. The van der Waals surface area contributed by atoms with Crippen molar-refractivity contribution < 1.29 is 0 Å². The summed E-state index contributed by atoms with van der Waals surface area (Å²) in [5, 5.41) is 3.97. The first-order valence-electron chi connectivity index (χ1n) is 7.55. The van der Waals surface area contributed by atoms with Gasteiger partial charge in [-0.2, -0.15) is 0 Å². The lowest BCUT2D eigenvalue weighted by Gasteiger charge is -2.22. The van der Waals surface area contributed by atoms with Crippen LogP contribution in [0.3, 0.4) is 0 Å². The molecule has 2 aliphatic rings. The van der Waals surface area contributed by atoms with E-state index in [1.165, 1.54) is 6.20 Å². The molecule has 2 bridgehead atoms. The average Bonchev–Trinajstić information content (AvgIpc) is 2.86.